The number of carbonyl (C=O) groups excluding carboxylic acids is 1. The second-order valence-electron chi connectivity index (χ2n) is 7.41. The van der Waals surface area contributed by atoms with E-state index in [1.165, 1.54) is 12.3 Å². The zero-order chi connectivity index (χ0) is 20.1. The van der Waals surface area contributed by atoms with Crippen molar-refractivity contribution in [2.24, 2.45) is 5.73 Å². The number of piperazine rings is 1. The van der Waals surface area contributed by atoms with E-state index in [2.05, 4.69) is 24.8 Å². The molecule has 3 aromatic heterocycles. The molecule has 0 aromatic carbocycles. The molecule has 1 aliphatic carbocycles. The number of anilines is 1. The number of hydrogen-bond acceptors (Lipinski definition) is 6. The van der Waals surface area contributed by atoms with E-state index < -0.39 is 5.82 Å². The SMILES string of the molecule is NC(=O)[C@H]1CN(c2ccnc(-c3cnc4cc(F)c(Cl)cn34)n2)CCN1C1CC1. The molecular weight excluding hydrogens is 397 g/mol. The normalized spacial score (nSPS) is 20.3. The molecule has 0 radical (unpaired) electrons. The number of imidazole rings is 1. The Labute approximate surface area is 171 Å². The highest BCUT2D eigenvalue weighted by Gasteiger charge is 2.40. The maximum Gasteiger partial charge on any atom is 0.236 e. The van der Waals surface area contributed by atoms with Crippen LogP contribution in [0.5, 0.6) is 0 Å². The number of fused-ring (bicyclic) bond motifs is 1. The first-order valence-corrected chi connectivity index (χ1v) is 9.84. The van der Waals surface area contributed by atoms with Gasteiger partial charge in [-0.25, -0.2) is 19.3 Å². The number of hydrogen-bond donors (Lipinski definition) is 1. The zero-order valence-corrected chi connectivity index (χ0v) is 16.3. The van der Waals surface area contributed by atoms with Gasteiger partial charge in [-0.1, -0.05) is 11.6 Å². The van der Waals surface area contributed by atoms with Gasteiger partial charge in [0.15, 0.2) is 5.82 Å². The number of nitrogens with two attached hydrogens (primary N) is 1. The molecule has 2 aliphatic rings. The van der Waals surface area contributed by atoms with Gasteiger partial charge in [0, 0.05) is 44.1 Å². The minimum absolute atomic E-state index is 0.00611. The number of primary amides is 1. The molecule has 1 atom stereocenters. The van der Waals surface area contributed by atoms with Gasteiger partial charge in [-0.15, -0.1) is 0 Å². The van der Waals surface area contributed by atoms with Crippen LogP contribution in [-0.2, 0) is 4.79 Å². The van der Waals surface area contributed by atoms with Crippen LogP contribution in [0.1, 0.15) is 12.8 Å². The highest BCUT2D eigenvalue weighted by Crippen LogP contribution is 2.31. The molecule has 0 bridgehead atoms. The van der Waals surface area contributed by atoms with E-state index in [1.54, 1.807) is 16.8 Å². The maximum absolute atomic E-state index is 13.7. The first-order chi connectivity index (χ1) is 14.0. The Kier molecular flexibility index (Phi) is 4.36. The predicted molar refractivity (Wildman–Crippen MR) is 106 cm³/mol. The summed E-state index contributed by atoms with van der Waals surface area (Å²) in [6.45, 7) is 2.01. The summed E-state index contributed by atoms with van der Waals surface area (Å²) < 4.78 is 15.4. The van der Waals surface area contributed by atoms with Gasteiger partial charge < -0.3 is 10.6 Å². The van der Waals surface area contributed by atoms with Gasteiger partial charge in [0.25, 0.3) is 0 Å². The Hall–Kier alpha value is -2.78. The van der Waals surface area contributed by atoms with Crippen molar-refractivity contribution < 1.29 is 9.18 Å². The van der Waals surface area contributed by atoms with Gasteiger partial charge in [0.05, 0.1) is 11.2 Å². The molecule has 2 N–H and O–H groups in total. The number of amides is 1. The number of halogens is 2. The van der Waals surface area contributed by atoms with Crippen molar-refractivity contribution in [3.63, 3.8) is 0 Å². The molecule has 5 rings (SSSR count). The average molecular weight is 416 g/mol. The molecule has 150 valence electrons. The summed E-state index contributed by atoms with van der Waals surface area (Å²) in [5.41, 5.74) is 6.69. The van der Waals surface area contributed by atoms with E-state index in [0.29, 0.717) is 35.6 Å². The van der Waals surface area contributed by atoms with Crippen LogP contribution < -0.4 is 10.6 Å². The average Bonchev–Trinajstić information content (AvgIpc) is 3.49. The van der Waals surface area contributed by atoms with Crippen LogP contribution in [-0.4, -0.2) is 61.9 Å². The van der Waals surface area contributed by atoms with Gasteiger partial charge in [-0.05, 0) is 18.9 Å². The molecule has 1 saturated heterocycles. The molecule has 29 heavy (non-hydrogen) atoms. The van der Waals surface area contributed by atoms with Crippen LogP contribution in [0, 0.1) is 5.82 Å². The second kappa shape index (κ2) is 6.93. The molecule has 0 spiro atoms. The quantitative estimate of drug-likeness (QED) is 0.697. The lowest BCUT2D eigenvalue weighted by Crippen LogP contribution is -2.59. The molecule has 1 amide bonds. The minimum atomic E-state index is -0.531. The van der Waals surface area contributed by atoms with Gasteiger partial charge in [0.2, 0.25) is 5.91 Å². The van der Waals surface area contributed by atoms with E-state index in [1.807, 2.05) is 6.07 Å². The third-order valence-corrected chi connectivity index (χ3v) is 5.79. The van der Waals surface area contributed by atoms with Crippen molar-refractivity contribution >= 4 is 29.0 Å². The molecule has 1 aliphatic heterocycles. The van der Waals surface area contributed by atoms with Crippen molar-refractivity contribution in [3.05, 3.63) is 41.6 Å². The molecule has 2 fully saturated rings. The Morgan fingerprint density at radius 1 is 1.28 bits per heavy atom. The van der Waals surface area contributed by atoms with Crippen LogP contribution >= 0.6 is 11.6 Å². The molecular formula is C19H19ClFN7O. The maximum atomic E-state index is 13.7. The topological polar surface area (TPSA) is 92.7 Å². The summed E-state index contributed by atoms with van der Waals surface area (Å²) in [7, 11) is 0. The largest absolute Gasteiger partial charge is 0.368 e. The predicted octanol–water partition coefficient (Wildman–Crippen LogP) is 1.72. The van der Waals surface area contributed by atoms with Crippen LogP contribution in [0.3, 0.4) is 0 Å². The Balaban J connectivity index is 1.46. The van der Waals surface area contributed by atoms with E-state index in [-0.39, 0.29) is 17.0 Å². The Bertz CT molecular complexity index is 1100. The van der Waals surface area contributed by atoms with Crippen molar-refractivity contribution in [1.82, 2.24) is 24.3 Å². The first-order valence-electron chi connectivity index (χ1n) is 9.47. The first kappa shape index (κ1) is 18.3. The Morgan fingerprint density at radius 2 is 2.10 bits per heavy atom. The monoisotopic (exact) mass is 415 g/mol. The van der Waals surface area contributed by atoms with Crippen LogP contribution in [0.15, 0.2) is 30.7 Å². The third-order valence-electron chi connectivity index (χ3n) is 5.51. The van der Waals surface area contributed by atoms with Gasteiger partial charge in [-0.2, -0.15) is 0 Å². The number of pyridine rings is 1. The minimum Gasteiger partial charge on any atom is -0.368 e. The number of aromatic nitrogens is 4. The van der Waals surface area contributed by atoms with Crippen molar-refractivity contribution in [2.75, 3.05) is 24.5 Å². The molecule has 4 heterocycles. The van der Waals surface area contributed by atoms with Crippen molar-refractivity contribution in [3.8, 4) is 11.5 Å². The highest BCUT2D eigenvalue weighted by molar-refractivity contribution is 6.30. The van der Waals surface area contributed by atoms with E-state index in [0.717, 1.165) is 25.9 Å². The van der Waals surface area contributed by atoms with E-state index in [4.69, 9.17) is 17.3 Å². The standard InChI is InChI=1S/C19H19ClFN7O/c20-12-9-28-14(8-24-17(28)7-13(12)21)19-23-4-3-16(25-19)26-5-6-27(11-1-2-11)15(10-26)18(22)29/h3-4,7-9,11,15H,1-2,5-6,10H2,(H2,22,29)/t15-/m1/s1. The molecule has 8 nitrogen and oxygen atoms in total. The van der Waals surface area contributed by atoms with E-state index >= 15 is 0 Å². The van der Waals surface area contributed by atoms with Crippen molar-refractivity contribution in [1.29, 1.82) is 0 Å². The summed E-state index contributed by atoms with van der Waals surface area (Å²) >= 11 is 5.93. The molecule has 1 saturated carbocycles. The fourth-order valence-electron chi connectivity index (χ4n) is 3.89. The summed E-state index contributed by atoms with van der Waals surface area (Å²) in [6.07, 6.45) is 6.95. The van der Waals surface area contributed by atoms with Crippen molar-refractivity contribution in [2.45, 2.75) is 24.9 Å². The fraction of sp³-hybridized carbons (Fsp3) is 0.368. The summed E-state index contributed by atoms with van der Waals surface area (Å²) in [5.74, 6) is 0.309. The summed E-state index contributed by atoms with van der Waals surface area (Å²) in [4.78, 5) is 29.5. The zero-order valence-electron chi connectivity index (χ0n) is 15.5. The lowest BCUT2D eigenvalue weighted by Gasteiger charge is -2.40. The van der Waals surface area contributed by atoms with E-state index in [9.17, 15) is 9.18 Å². The number of nitrogens with zero attached hydrogens (tertiary/aromatic N) is 6. The summed E-state index contributed by atoms with van der Waals surface area (Å²) in [6, 6.07) is 3.22. The lowest BCUT2D eigenvalue weighted by molar-refractivity contribution is -0.123. The van der Waals surface area contributed by atoms with Crippen LogP contribution in [0.2, 0.25) is 5.02 Å². The lowest BCUT2D eigenvalue weighted by atomic mass is 10.1. The highest BCUT2D eigenvalue weighted by atomic mass is 35.5. The van der Waals surface area contributed by atoms with Gasteiger partial charge >= 0.3 is 0 Å². The summed E-state index contributed by atoms with van der Waals surface area (Å²) in [5, 5.41) is -0.00611. The number of rotatable bonds is 4. The second-order valence-corrected chi connectivity index (χ2v) is 7.82. The Morgan fingerprint density at radius 3 is 2.86 bits per heavy atom. The third kappa shape index (κ3) is 3.30. The van der Waals surface area contributed by atoms with Gasteiger partial charge in [0.1, 0.15) is 29.0 Å². The molecule has 3 aromatic rings. The molecule has 0 unspecified atom stereocenters. The molecule has 10 heteroatoms. The van der Waals surface area contributed by atoms with Crippen LogP contribution in [0.25, 0.3) is 17.2 Å². The smallest absolute Gasteiger partial charge is 0.236 e. The van der Waals surface area contributed by atoms with Crippen LogP contribution in [0.4, 0.5) is 10.2 Å². The number of carbonyl (C=O) groups is 1. The fourth-order valence-corrected chi connectivity index (χ4v) is 4.04. The van der Waals surface area contributed by atoms with Gasteiger partial charge in [-0.3, -0.25) is 14.1 Å².